The first kappa shape index (κ1) is 23.3. The summed E-state index contributed by atoms with van der Waals surface area (Å²) in [6.07, 6.45) is 2.88. The number of rotatable bonds is 6. The first-order valence-electron chi connectivity index (χ1n) is 9.74. The number of nitrogens with zero attached hydrogens (tertiary/aromatic N) is 1. The van der Waals surface area contributed by atoms with Gasteiger partial charge in [-0.15, -0.1) is 0 Å². The second kappa shape index (κ2) is 9.82. The predicted molar refractivity (Wildman–Crippen MR) is 121 cm³/mol. The fraction of sp³-hybridized carbons (Fsp3) is 0.318. The van der Waals surface area contributed by atoms with Crippen LogP contribution in [0.25, 0.3) is 6.08 Å². The van der Waals surface area contributed by atoms with E-state index in [9.17, 15) is 13.2 Å². The van der Waals surface area contributed by atoms with E-state index in [2.05, 4.69) is 5.32 Å². The molecule has 0 atom stereocenters. The molecule has 1 amide bonds. The van der Waals surface area contributed by atoms with Crippen LogP contribution < -0.4 is 10.1 Å². The third-order valence-corrected chi connectivity index (χ3v) is 7.10. The van der Waals surface area contributed by atoms with Crippen LogP contribution in [-0.2, 0) is 19.6 Å². The lowest BCUT2D eigenvalue weighted by molar-refractivity contribution is -0.111. The largest absolute Gasteiger partial charge is 0.495 e. The lowest BCUT2D eigenvalue weighted by Gasteiger charge is -2.26. The van der Waals surface area contributed by atoms with Crippen molar-refractivity contribution in [3.8, 4) is 5.75 Å². The minimum absolute atomic E-state index is 0.0527. The Kier molecular flexibility index (Phi) is 7.38. The average molecular weight is 465 g/mol. The summed E-state index contributed by atoms with van der Waals surface area (Å²) in [5.74, 6) is -0.127. The molecule has 1 fully saturated rings. The number of carbonyl (C=O) groups is 1. The molecule has 1 saturated heterocycles. The summed E-state index contributed by atoms with van der Waals surface area (Å²) in [6.45, 7) is 5.06. The molecular formula is C22H25ClN2O5S. The average Bonchev–Trinajstić information content (AvgIpc) is 2.75. The van der Waals surface area contributed by atoms with Gasteiger partial charge < -0.3 is 14.8 Å². The lowest BCUT2D eigenvalue weighted by atomic mass is 10.1. The molecule has 0 spiro atoms. The van der Waals surface area contributed by atoms with Crippen LogP contribution in [0.4, 0.5) is 5.69 Å². The number of hydrogen-bond acceptors (Lipinski definition) is 5. The van der Waals surface area contributed by atoms with Crippen LogP contribution in [0.15, 0.2) is 41.3 Å². The van der Waals surface area contributed by atoms with E-state index in [1.165, 1.54) is 23.6 Å². The Morgan fingerprint density at radius 1 is 1.19 bits per heavy atom. The van der Waals surface area contributed by atoms with Crippen LogP contribution in [0.1, 0.15) is 16.7 Å². The van der Waals surface area contributed by atoms with Crippen molar-refractivity contribution < 1.29 is 22.7 Å². The Balaban J connectivity index is 1.83. The van der Waals surface area contributed by atoms with Gasteiger partial charge in [-0.2, -0.15) is 4.31 Å². The van der Waals surface area contributed by atoms with E-state index in [1.54, 1.807) is 24.3 Å². The highest BCUT2D eigenvalue weighted by Crippen LogP contribution is 2.29. The smallest absolute Gasteiger partial charge is 0.248 e. The molecule has 0 aliphatic carbocycles. The topological polar surface area (TPSA) is 84.9 Å². The number of sulfonamides is 1. The zero-order valence-corrected chi connectivity index (χ0v) is 19.2. The summed E-state index contributed by atoms with van der Waals surface area (Å²) in [5, 5.41) is 3.23. The van der Waals surface area contributed by atoms with E-state index < -0.39 is 10.0 Å². The fourth-order valence-corrected chi connectivity index (χ4v) is 5.30. The SMILES string of the molecule is COc1ccc(/C=C/C(=O)Nc2c(C)cc(C)cc2Cl)cc1S(=O)(=O)N1CCOCC1. The Morgan fingerprint density at radius 2 is 1.90 bits per heavy atom. The third-order valence-electron chi connectivity index (χ3n) is 4.88. The second-order valence-electron chi connectivity index (χ2n) is 7.19. The van der Waals surface area contributed by atoms with Crippen molar-refractivity contribution in [2.24, 2.45) is 0 Å². The van der Waals surface area contributed by atoms with Crippen LogP contribution in [0, 0.1) is 13.8 Å². The van der Waals surface area contributed by atoms with E-state index in [4.69, 9.17) is 21.1 Å². The van der Waals surface area contributed by atoms with Crippen LogP contribution >= 0.6 is 11.6 Å². The number of nitrogens with one attached hydrogen (secondary N) is 1. The van der Waals surface area contributed by atoms with Gasteiger partial charge in [0.05, 0.1) is 31.0 Å². The molecule has 1 aliphatic heterocycles. The molecule has 3 rings (SSSR count). The molecule has 2 aromatic rings. The molecule has 0 aromatic heterocycles. The van der Waals surface area contributed by atoms with E-state index in [0.717, 1.165) is 11.1 Å². The van der Waals surface area contributed by atoms with Crippen molar-refractivity contribution in [3.63, 3.8) is 0 Å². The van der Waals surface area contributed by atoms with Gasteiger partial charge in [-0.05, 0) is 54.8 Å². The molecule has 1 aliphatic rings. The summed E-state index contributed by atoms with van der Waals surface area (Å²) >= 11 is 6.24. The maximum absolute atomic E-state index is 13.1. The van der Waals surface area contributed by atoms with Gasteiger partial charge in [0.15, 0.2) is 0 Å². The number of hydrogen-bond donors (Lipinski definition) is 1. The predicted octanol–water partition coefficient (Wildman–Crippen LogP) is 3.64. The fourth-order valence-electron chi connectivity index (χ4n) is 3.34. The van der Waals surface area contributed by atoms with Gasteiger partial charge in [-0.25, -0.2) is 8.42 Å². The molecular weight excluding hydrogens is 440 g/mol. The summed E-state index contributed by atoms with van der Waals surface area (Å²) < 4.78 is 38.0. The number of methoxy groups -OCH3 is 1. The summed E-state index contributed by atoms with van der Waals surface area (Å²) in [6, 6.07) is 8.46. The van der Waals surface area contributed by atoms with Crippen molar-refractivity contribution in [1.82, 2.24) is 4.31 Å². The Morgan fingerprint density at radius 3 is 2.55 bits per heavy atom. The van der Waals surface area contributed by atoms with Crippen molar-refractivity contribution in [1.29, 1.82) is 0 Å². The number of aryl methyl sites for hydroxylation is 2. The van der Waals surface area contributed by atoms with Crippen LogP contribution in [-0.4, -0.2) is 52.0 Å². The number of ether oxygens (including phenoxy) is 2. The highest BCUT2D eigenvalue weighted by molar-refractivity contribution is 7.89. The molecule has 7 nitrogen and oxygen atoms in total. The minimum atomic E-state index is -3.75. The minimum Gasteiger partial charge on any atom is -0.495 e. The Labute approximate surface area is 187 Å². The Hall–Kier alpha value is -2.39. The van der Waals surface area contributed by atoms with Gasteiger partial charge in [0.2, 0.25) is 15.9 Å². The first-order chi connectivity index (χ1) is 14.7. The maximum atomic E-state index is 13.1. The highest BCUT2D eigenvalue weighted by atomic mass is 35.5. The van der Waals surface area contributed by atoms with Gasteiger partial charge in [0.1, 0.15) is 10.6 Å². The lowest BCUT2D eigenvalue weighted by Crippen LogP contribution is -2.40. The zero-order valence-electron chi connectivity index (χ0n) is 17.6. The normalized spacial score (nSPS) is 15.2. The van der Waals surface area contributed by atoms with Crippen molar-refractivity contribution in [3.05, 3.63) is 58.1 Å². The molecule has 0 saturated carbocycles. The van der Waals surface area contributed by atoms with Gasteiger partial charge in [0.25, 0.3) is 0 Å². The second-order valence-corrected chi connectivity index (χ2v) is 9.50. The van der Waals surface area contributed by atoms with Gasteiger partial charge in [0, 0.05) is 19.2 Å². The monoisotopic (exact) mass is 464 g/mol. The number of carbonyl (C=O) groups excluding carboxylic acids is 1. The molecule has 1 N–H and O–H groups in total. The molecule has 1 heterocycles. The molecule has 0 radical (unpaired) electrons. The third kappa shape index (κ3) is 5.46. The van der Waals surface area contributed by atoms with Crippen LogP contribution in [0.5, 0.6) is 5.75 Å². The molecule has 166 valence electrons. The van der Waals surface area contributed by atoms with E-state index in [0.29, 0.717) is 29.5 Å². The van der Waals surface area contributed by atoms with Crippen molar-refractivity contribution in [2.45, 2.75) is 18.7 Å². The van der Waals surface area contributed by atoms with Crippen molar-refractivity contribution in [2.75, 3.05) is 38.7 Å². The van der Waals surface area contributed by atoms with E-state index in [-0.39, 0.29) is 29.6 Å². The quantitative estimate of drug-likeness (QED) is 0.660. The zero-order chi connectivity index (χ0) is 22.6. The number of morpholine rings is 1. The van der Waals surface area contributed by atoms with Gasteiger partial charge in [-0.1, -0.05) is 23.7 Å². The van der Waals surface area contributed by atoms with Gasteiger partial charge >= 0.3 is 0 Å². The van der Waals surface area contributed by atoms with Crippen LogP contribution in [0.2, 0.25) is 5.02 Å². The summed E-state index contributed by atoms with van der Waals surface area (Å²) in [7, 11) is -2.33. The number of halogens is 1. The van der Waals surface area contributed by atoms with E-state index in [1.807, 2.05) is 19.9 Å². The summed E-state index contributed by atoms with van der Waals surface area (Å²) in [5.41, 5.74) is 2.96. The van der Waals surface area contributed by atoms with Gasteiger partial charge in [-0.3, -0.25) is 4.79 Å². The standard InChI is InChI=1S/C22H25ClN2O5S/c1-15-12-16(2)22(18(23)13-15)24-21(26)7-5-17-4-6-19(29-3)20(14-17)31(27,28)25-8-10-30-11-9-25/h4-7,12-14H,8-11H2,1-3H3,(H,24,26)/b7-5+. The highest BCUT2D eigenvalue weighted by Gasteiger charge is 2.29. The summed E-state index contributed by atoms with van der Waals surface area (Å²) in [4.78, 5) is 12.5. The molecule has 0 unspecified atom stereocenters. The number of amides is 1. The maximum Gasteiger partial charge on any atom is 0.248 e. The number of benzene rings is 2. The number of anilines is 1. The van der Waals surface area contributed by atoms with Crippen molar-refractivity contribution >= 4 is 39.3 Å². The Bertz CT molecular complexity index is 1090. The van der Waals surface area contributed by atoms with E-state index >= 15 is 0 Å². The molecule has 0 bridgehead atoms. The van der Waals surface area contributed by atoms with Crippen LogP contribution in [0.3, 0.4) is 0 Å². The molecule has 9 heteroatoms. The molecule has 2 aromatic carbocycles. The molecule has 31 heavy (non-hydrogen) atoms. The first-order valence-corrected chi connectivity index (χ1v) is 11.6.